The lowest BCUT2D eigenvalue weighted by Crippen LogP contribution is -2.29. The summed E-state index contributed by atoms with van der Waals surface area (Å²) >= 11 is 0. The van der Waals surface area contributed by atoms with Crippen molar-refractivity contribution in [2.75, 3.05) is 6.61 Å². The van der Waals surface area contributed by atoms with E-state index in [9.17, 15) is 13.2 Å². The van der Waals surface area contributed by atoms with Crippen LogP contribution in [0.15, 0.2) is 36.7 Å². The first-order valence-corrected chi connectivity index (χ1v) is 8.30. The first-order chi connectivity index (χ1) is 11.9. The van der Waals surface area contributed by atoms with Gasteiger partial charge in [-0.3, -0.25) is 4.98 Å². The number of ether oxygens (including phenoxy) is 2. The van der Waals surface area contributed by atoms with Crippen molar-refractivity contribution in [1.29, 1.82) is 0 Å². The molecule has 0 spiro atoms. The van der Waals surface area contributed by atoms with Crippen LogP contribution in [0.2, 0.25) is 0 Å². The van der Waals surface area contributed by atoms with Crippen molar-refractivity contribution in [3.8, 4) is 22.6 Å². The largest absolute Gasteiger partial charge is 0.493 e. The molecule has 2 aromatic rings. The molecule has 25 heavy (non-hydrogen) atoms. The number of pyridine rings is 1. The highest BCUT2D eigenvalue weighted by atomic mass is 19.4. The Morgan fingerprint density at radius 2 is 2.00 bits per heavy atom. The highest BCUT2D eigenvalue weighted by Gasteiger charge is 2.46. The van der Waals surface area contributed by atoms with E-state index >= 15 is 0 Å². The number of hydrogen-bond donors (Lipinski definition) is 0. The summed E-state index contributed by atoms with van der Waals surface area (Å²) in [4.78, 5) is 3.81. The van der Waals surface area contributed by atoms with E-state index in [1.807, 2.05) is 0 Å². The van der Waals surface area contributed by atoms with Crippen molar-refractivity contribution >= 4 is 0 Å². The van der Waals surface area contributed by atoms with Crippen molar-refractivity contribution in [2.45, 2.75) is 39.0 Å². The smallest absolute Gasteiger partial charge is 0.429 e. The summed E-state index contributed by atoms with van der Waals surface area (Å²) in [6.07, 6.45) is -1.89. The number of halogens is 3. The van der Waals surface area contributed by atoms with Gasteiger partial charge in [-0.05, 0) is 42.5 Å². The molecule has 0 fully saturated rings. The number of fused-ring (bicyclic) bond motifs is 3. The lowest BCUT2D eigenvalue weighted by atomic mass is 9.94. The first-order valence-electron chi connectivity index (χ1n) is 8.30. The molecule has 0 saturated heterocycles. The second-order valence-corrected chi connectivity index (χ2v) is 6.54. The zero-order valence-corrected chi connectivity index (χ0v) is 14.1. The Labute approximate surface area is 144 Å². The Hall–Kier alpha value is -2.24. The molecule has 0 N–H and O–H groups in total. The summed E-state index contributed by atoms with van der Waals surface area (Å²) in [6, 6.07) is 6.61. The van der Waals surface area contributed by atoms with Crippen LogP contribution in [-0.4, -0.2) is 17.8 Å². The quantitative estimate of drug-likeness (QED) is 0.661. The minimum absolute atomic E-state index is 0.0353. The maximum atomic E-state index is 13.4. The van der Waals surface area contributed by atoms with Gasteiger partial charge in [-0.2, -0.15) is 13.2 Å². The van der Waals surface area contributed by atoms with Gasteiger partial charge in [0.1, 0.15) is 11.5 Å². The zero-order chi connectivity index (χ0) is 18.0. The molecule has 0 radical (unpaired) electrons. The average Bonchev–Trinajstić information content (AvgIpc) is 2.56. The van der Waals surface area contributed by atoms with Crippen LogP contribution in [-0.2, 0) is 0 Å². The Morgan fingerprint density at radius 3 is 2.72 bits per heavy atom. The van der Waals surface area contributed by atoms with Crippen molar-refractivity contribution in [3.05, 3.63) is 42.2 Å². The van der Waals surface area contributed by atoms with E-state index in [2.05, 4.69) is 18.8 Å². The number of hydrogen-bond acceptors (Lipinski definition) is 3. The SMILES string of the molecule is CC(C)CCCOc1ccc2c(c1)OC(C(F)(F)F)c1cnccc1-2. The molecular formula is C19H20F3NO2. The Kier molecular flexibility index (Phi) is 4.88. The maximum Gasteiger partial charge on any atom is 0.429 e. The number of alkyl halides is 3. The highest BCUT2D eigenvalue weighted by molar-refractivity contribution is 5.76. The first kappa shape index (κ1) is 17.6. The van der Waals surface area contributed by atoms with Crippen molar-refractivity contribution < 1.29 is 22.6 Å². The van der Waals surface area contributed by atoms with E-state index in [-0.39, 0.29) is 11.3 Å². The number of nitrogens with zero attached hydrogens (tertiary/aromatic N) is 1. The molecule has 0 saturated carbocycles. The van der Waals surface area contributed by atoms with Gasteiger partial charge in [0.2, 0.25) is 6.10 Å². The van der Waals surface area contributed by atoms with E-state index in [0.29, 0.717) is 29.4 Å². The molecule has 6 heteroatoms. The minimum Gasteiger partial charge on any atom is -0.493 e. The molecule has 1 aromatic carbocycles. The molecule has 0 aliphatic carbocycles. The molecule has 1 aromatic heterocycles. The third-order valence-electron chi connectivity index (χ3n) is 4.11. The summed E-state index contributed by atoms with van der Waals surface area (Å²) in [5.74, 6) is 1.29. The predicted molar refractivity (Wildman–Crippen MR) is 88.7 cm³/mol. The summed E-state index contributed by atoms with van der Waals surface area (Å²) in [5.41, 5.74) is 1.14. The molecule has 3 nitrogen and oxygen atoms in total. The van der Waals surface area contributed by atoms with Gasteiger partial charge in [0.05, 0.1) is 6.61 Å². The van der Waals surface area contributed by atoms with E-state index < -0.39 is 12.3 Å². The molecule has 3 rings (SSSR count). The normalized spacial score (nSPS) is 16.2. The monoisotopic (exact) mass is 351 g/mol. The third-order valence-corrected chi connectivity index (χ3v) is 4.11. The Morgan fingerprint density at radius 1 is 1.20 bits per heavy atom. The van der Waals surface area contributed by atoms with Crippen LogP contribution in [0.25, 0.3) is 11.1 Å². The molecule has 1 aliphatic heterocycles. The molecule has 0 bridgehead atoms. The van der Waals surface area contributed by atoms with Crippen molar-refractivity contribution in [2.24, 2.45) is 5.92 Å². The summed E-state index contributed by atoms with van der Waals surface area (Å²) in [6.45, 7) is 4.80. The second kappa shape index (κ2) is 6.94. The fraction of sp³-hybridized carbons (Fsp3) is 0.421. The lowest BCUT2D eigenvalue weighted by Gasteiger charge is -2.29. The molecule has 1 atom stereocenters. The number of aromatic nitrogens is 1. The summed E-state index contributed by atoms with van der Waals surface area (Å²) in [5, 5.41) is 0. The van der Waals surface area contributed by atoms with Crippen molar-refractivity contribution in [3.63, 3.8) is 0 Å². The molecule has 1 aliphatic rings. The van der Waals surface area contributed by atoms with E-state index in [0.717, 1.165) is 12.8 Å². The fourth-order valence-electron chi connectivity index (χ4n) is 2.89. The standard InChI is InChI=1S/C19H20F3NO2/c1-12(2)4-3-9-24-13-5-6-15-14-7-8-23-11-16(14)18(19(20,21)22)25-17(15)10-13/h5-8,10-12,18H,3-4,9H2,1-2H3. The van der Waals surface area contributed by atoms with Gasteiger partial charge in [0.15, 0.2) is 0 Å². The second-order valence-electron chi connectivity index (χ2n) is 6.54. The summed E-state index contributed by atoms with van der Waals surface area (Å²) < 4.78 is 51.0. The van der Waals surface area contributed by atoms with Gasteiger partial charge in [0, 0.05) is 29.6 Å². The number of rotatable bonds is 5. The molecular weight excluding hydrogens is 331 g/mol. The van der Waals surface area contributed by atoms with Crippen LogP contribution in [0.3, 0.4) is 0 Å². The predicted octanol–water partition coefficient (Wildman–Crippen LogP) is 5.56. The molecule has 2 heterocycles. The Bertz CT molecular complexity index is 744. The van der Waals surface area contributed by atoms with Crippen LogP contribution in [0.5, 0.6) is 11.5 Å². The Balaban J connectivity index is 1.85. The third kappa shape index (κ3) is 3.89. The fourth-order valence-corrected chi connectivity index (χ4v) is 2.89. The van der Waals surface area contributed by atoms with Gasteiger partial charge < -0.3 is 9.47 Å². The van der Waals surface area contributed by atoms with Crippen LogP contribution in [0, 0.1) is 5.92 Å². The van der Waals surface area contributed by atoms with E-state index in [4.69, 9.17) is 9.47 Å². The van der Waals surface area contributed by atoms with E-state index in [1.165, 1.54) is 18.5 Å². The van der Waals surface area contributed by atoms with Gasteiger partial charge in [0.25, 0.3) is 0 Å². The molecule has 0 amide bonds. The molecule has 1 unspecified atom stereocenters. The van der Waals surface area contributed by atoms with Crippen LogP contribution < -0.4 is 9.47 Å². The number of benzene rings is 1. The van der Waals surface area contributed by atoms with Gasteiger partial charge in [-0.1, -0.05) is 13.8 Å². The van der Waals surface area contributed by atoms with Crippen LogP contribution in [0.4, 0.5) is 13.2 Å². The lowest BCUT2D eigenvalue weighted by molar-refractivity contribution is -0.198. The van der Waals surface area contributed by atoms with Crippen LogP contribution >= 0.6 is 0 Å². The molecule has 134 valence electrons. The minimum atomic E-state index is -4.51. The highest BCUT2D eigenvalue weighted by Crippen LogP contribution is 2.48. The van der Waals surface area contributed by atoms with Gasteiger partial charge in [-0.15, -0.1) is 0 Å². The van der Waals surface area contributed by atoms with Crippen molar-refractivity contribution in [1.82, 2.24) is 4.98 Å². The van der Waals surface area contributed by atoms with Gasteiger partial charge in [-0.25, -0.2) is 0 Å². The van der Waals surface area contributed by atoms with Gasteiger partial charge >= 0.3 is 6.18 Å². The van der Waals surface area contributed by atoms with E-state index in [1.54, 1.807) is 18.2 Å². The maximum absolute atomic E-state index is 13.4. The van der Waals surface area contributed by atoms with Crippen LogP contribution in [0.1, 0.15) is 38.4 Å². The zero-order valence-electron chi connectivity index (χ0n) is 14.1. The summed E-state index contributed by atoms with van der Waals surface area (Å²) in [7, 11) is 0. The average molecular weight is 351 g/mol. The topological polar surface area (TPSA) is 31.4 Å².